The molecule has 8 nitrogen and oxygen atoms in total. The van der Waals surface area contributed by atoms with Crippen LogP contribution in [0.3, 0.4) is 0 Å². The molecule has 1 atom stereocenters. The highest BCUT2D eigenvalue weighted by Crippen LogP contribution is 2.26. The fourth-order valence-electron chi connectivity index (χ4n) is 3.74. The molecule has 9 heteroatoms. The van der Waals surface area contributed by atoms with Gasteiger partial charge in [0.05, 0.1) is 17.1 Å². The molecule has 1 unspecified atom stereocenters. The largest absolute Gasteiger partial charge is 0.381 e. The third-order valence-corrected chi connectivity index (χ3v) is 7.37. The number of sulfone groups is 1. The molecular weight excluding hydrogens is 428 g/mol. The highest BCUT2D eigenvalue weighted by atomic mass is 32.2. The van der Waals surface area contributed by atoms with Gasteiger partial charge in [0.15, 0.2) is 0 Å². The Balaban J connectivity index is 1.40. The molecule has 4 rings (SSSR count). The molecule has 1 amide bonds. The SMILES string of the molecule is CC(CC(=O)Nc1ccc(S(=O)(=O)c2cnn(C3CCOCC3)c2)cc1)c1cccnc1. The number of rotatable bonds is 7. The van der Waals surface area contributed by atoms with Gasteiger partial charge in [0, 0.05) is 43.9 Å². The van der Waals surface area contributed by atoms with Crippen molar-refractivity contribution >= 4 is 21.4 Å². The van der Waals surface area contributed by atoms with Gasteiger partial charge in [0.2, 0.25) is 15.7 Å². The van der Waals surface area contributed by atoms with Crippen LogP contribution in [0.2, 0.25) is 0 Å². The first-order valence-electron chi connectivity index (χ1n) is 10.6. The molecule has 168 valence electrons. The Kier molecular flexibility index (Phi) is 6.66. The van der Waals surface area contributed by atoms with E-state index in [1.807, 2.05) is 19.1 Å². The van der Waals surface area contributed by atoms with E-state index in [2.05, 4.69) is 15.4 Å². The van der Waals surface area contributed by atoms with Crippen molar-refractivity contribution in [1.82, 2.24) is 14.8 Å². The van der Waals surface area contributed by atoms with Crippen molar-refractivity contribution < 1.29 is 17.9 Å². The molecule has 2 aromatic heterocycles. The summed E-state index contributed by atoms with van der Waals surface area (Å²) in [5.74, 6) is -0.120. The molecule has 1 fully saturated rings. The summed E-state index contributed by atoms with van der Waals surface area (Å²) in [5, 5.41) is 7.09. The number of pyridine rings is 1. The highest BCUT2D eigenvalue weighted by molar-refractivity contribution is 7.91. The Morgan fingerprint density at radius 1 is 1.16 bits per heavy atom. The number of benzene rings is 1. The zero-order chi connectivity index (χ0) is 22.6. The number of carbonyl (C=O) groups excluding carboxylic acids is 1. The van der Waals surface area contributed by atoms with Crippen molar-refractivity contribution in [3.05, 3.63) is 66.7 Å². The molecule has 1 saturated heterocycles. The normalized spacial score (nSPS) is 15.9. The van der Waals surface area contributed by atoms with E-state index in [9.17, 15) is 13.2 Å². The number of ether oxygens (including phenoxy) is 1. The molecule has 1 aliphatic rings. The molecule has 0 aliphatic carbocycles. The fraction of sp³-hybridized carbons (Fsp3) is 0.348. The number of nitrogens with zero attached hydrogens (tertiary/aromatic N) is 3. The van der Waals surface area contributed by atoms with E-state index in [0.717, 1.165) is 18.4 Å². The minimum absolute atomic E-state index is 0.0237. The second kappa shape index (κ2) is 9.62. The number of anilines is 1. The van der Waals surface area contributed by atoms with Gasteiger partial charge in [-0.15, -0.1) is 0 Å². The first kappa shape index (κ1) is 22.2. The quantitative estimate of drug-likeness (QED) is 0.585. The first-order chi connectivity index (χ1) is 15.4. The van der Waals surface area contributed by atoms with Gasteiger partial charge in [-0.05, 0) is 54.7 Å². The maximum Gasteiger partial charge on any atom is 0.224 e. The van der Waals surface area contributed by atoms with Crippen LogP contribution in [-0.2, 0) is 19.4 Å². The average molecular weight is 455 g/mol. The van der Waals surface area contributed by atoms with Crippen LogP contribution in [0, 0.1) is 0 Å². The molecule has 0 saturated carbocycles. The van der Waals surface area contributed by atoms with Gasteiger partial charge in [-0.1, -0.05) is 13.0 Å². The molecule has 1 N–H and O–H groups in total. The Morgan fingerprint density at radius 3 is 2.59 bits per heavy atom. The van der Waals surface area contributed by atoms with Crippen LogP contribution in [0.5, 0.6) is 0 Å². The zero-order valence-corrected chi connectivity index (χ0v) is 18.7. The average Bonchev–Trinajstić information content (AvgIpc) is 3.32. The lowest BCUT2D eigenvalue weighted by molar-refractivity contribution is -0.116. The molecule has 0 radical (unpaired) electrons. The van der Waals surface area contributed by atoms with Gasteiger partial charge in [0.25, 0.3) is 0 Å². The van der Waals surface area contributed by atoms with E-state index < -0.39 is 9.84 Å². The summed E-state index contributed by atoms with van der Waals surface area (Å²) in [6.07, 6.45) is 8.35. The van der Waals surface area contributed by atoms with Gasteiger partial charge >= 0.3 is 0 Å². The molecule has 32 heavy (non-hydrogen) atoms. The first-order valence-corrected chi connectivity index (χ1v) is 12.1. The van der Waals surface area contributed by atoms with Crippen molar-refractivity contribution in [1.29, 1.82) is 0 Å². The summed E-state index contributed by atoms with van der Waals surface area (Å²) < 4.78 is 33.1. The van der Waals surface area contributed by atoms with E-state index >= 15 is 0 Å². The summed E-state index contributed by atoms with van der Waals surface area (Å²) in [6.45, 7) is 3.27. The van der Waals surface area contributed by atoms with Crippen LogP contribution < -0.4 is 5.32 Å². The molecule has 0 spiro atoms. The third-order valence-electron chi connectivity index (χ3n) is 5.65. The summed E-state index contributed by atoms with van der Waals surface area (Å²) in [5.41, 5.74) is 1.54. The fourth-order valence-corrected chi connectivity index (χ4v) is 4.94. The van der Waals surface area contributed by atoms with Crippen LogP contribution in [0.4, 0.5) is 5.69 Å². The number of amides is 1. The van der Waals surface area contributed by atoms with Crippen LogP contribution in [-0.4, -0.2) is 42.3 Å². The number of carbonyl (C=O) groups is 1. The summed E-state index contributed by atoms with van der Waals surface area (Å²) in [6, 6.07) is 10.1. The smallest absolute Gasteiger partial charge is 0.224 e. The van der Waals surface area contributed by atoms with Crippen molar-refractivity contribution in [3.8, 4) is 0 Å². The van der Waals surface area contributed by atoms with Crippen LogP contribution >= 0.6 is 0 Å². The Morgan fingerprint density at radius 2 is 1.91 bits per heavy atom. The van der Waals surface area contributed by atoms with Gasteiger partial charge < -0.3 is 10.1 Å². The molecule has 3 aromatic rings. The number of nitrogens with one attached hydrogen (secondary N) is 1. The molecular formula is C23H26N4O4S. The lowest BCUT2D eigenvalue weighted by Gasteiger charge is -2.22. The Labute approximate surface area is 187 Å². The number of hydrogen-bond donors (Lipinski definition) is 1. The minimum atomic E-state index is -3.69. The van der Waals surface area contributed by atoms with Crippen molar-refractivity contribution in [3.63, 3.8) is 0 Å². The van der Waals surface area contributed by atoms with Crippen LogP contribution in [0.1, 0.15) is 43.7 Å². The number of hydrogen-bond acceptors (Lipinski definition) is 6. The van der Waals surface area contributed by atoms with Crippen molar-refractivity contribution in [2.75, 3.05) is 18.5 Å². The van der Waals surface area contributed by atoms with E-state index in [1.165, 1.54) is 18.3 Å². The number of aromatic nitrogens is 3. The predicted octanol–water partition coefficient (Wildman–Crippen LogP) is 3.59. The Hall–Kier alpha value is -3.04. The van der Waals surface area contributed by atoms with Gasteiger partial charge in [-0.25, -0.2) is 8.42 Å². The maximum atomic E-state index is 13.0. The second-order valence-corrected chi connectivity index (χ2v) is 9.92. The summed E-state index contributed by atoms with van der Waals surface area (Å²) in [4.78, 5) is 16.8. The lowest BCUT2D eigenvalue weighted by atomic mass is 9.99. The van der Waals surface area contributed by atoms with Gasteiger partial charge in [-0.3, -0.25) is 14.5 Å². The van der Waals surface area contributed by atoms with Crippen LogP contribution in [0.25, 0.3) is 0 Å². The van der Waals surface area contributed by atoms with E-state index in [1.54, 1.807) is 35.4 Å². The highest BCUT2D eigenvalue weighted by Gasteiger charge is 2.23. The van der Waals surface area contributed by atoms with Gasteiger partial charge in [0.1, 0.15) is 4.90 Å². The second-order valence-electron chi connectivity index (χ2n) is 7.97. The predicted molar refractivity (Wildman–Crippen MR) is 119 cm³/mol. The van der Waals surface area contributed by atoms with Gasteiger partial charge in [-0.2, -0.15) is 5.10 Å². The summed E-state index contributed by atoms with van der Waals surface area (Å²) >= 11 is 0. The standard InChI is InChI=1S/C23H26N4O4S/c1-17(18-3-2-10-24-14-18)13-23(28)26-19-4-6-21(7-5-19)32(29,30)22-15-25-27(16-22)20-8-11-31-12-9-20/h2-7,10,14-17,20H,8-9,11-13H2,1H3,(H,26,28). The van der Waals surface area contributed by atoms with Crippen molar-refractivity contribution in [2.45, 2.75) is 47.9 Å². The van der Waals surface area contributed by atoms with Crippen molar-refractivity contribution in [2.24, 2.45) is 0 Å². The maximum absolute atomic E-state index is 13.0. The lowest BCUT2D eigenvalue weighted by Crippen LogP contribution is -2.19. The molecule has 1 aromatic carbocycles. The minimum Gasteiger partial charge on any atom is -0.381 e. The molecule has 1 aliphatic heterocycles. The monoisotopic (exact) mass is 454 g/mol. The van der Waals surface area contributed by atoms with E-state index in [4.69, 9.17) is 4.74 Å². The molecule has 0 bridgehead atoms. The van der Waals surface area contributed by atoms with Crippen LogP contribution in [0.15, 0.2) is 71.0 Å². The van der Waals surface area contributed by atoms with E-state index in [-0.39, 0.29) is 27.7 Å². The van der Waals surface area contributed by atoms with E-state index in [0.29, 0.717) is 25.3 Å². The molecule has 3 heterocycles. The Bertz CT molecular complexity index is 1150. The topological polar surface area (TPSA) is 103 Å². The summed E-state index contributed by atoms with van der Waals surface area (Å²) in [7, 11) is -3.69. The third kappa shape index (κ3) is 5.05. The zero-order valence-electron chi connectivity index (χ0n) is 17.8.